The van der Waals surface area contributed by atoms with Gasteiger partial charge in [0, 0.05) is 0 Å². The van der Waals surface area contributed by atoms with Crippen LogP contribution in [0.5, 0.6) is 0 Å². The van der Waals surface area contributed by atoms with Gasteiger partial charge in [-0.15, -0.1) is 0 Å². The lowest BCUT2D eigenvalue weighted by Gasteiger charge is -1.99. The number of rotatable bonds is 2. The number of nitrogens with zero attached hydrogens (tertiary/aromatic N) is 1. The quantitative estimate of drug-likeness (QED) is 0.798. The molecule has 2 nitrogen and oxygen atoms in total. The molecule has 0 saturated heterocycles. The van der Waals surface area contributed by atoms with Gasteiger partial charge in [-0.25, -0.2) is 4.98 Å². The van der Waals surface area contributed by atoms with Crippen molar-refractivity contribution in [3.63, 3.8) is 0 Å². The van der Waals surface area contributed by atoms with E-state index < -0.39 is 0 Å². The van der Waals surface area contributed by atoms with E-state index in [4.69, 9.17) is 0 Å². The molecule has 0 spiro atoms. The van der Waals surface area contributed by atoms with Gasteiger partial charge >= 0.3 is 0 Å². The normalized spacial score (nSPS) is 9.44. The average molecular weight is 214 g/mol. The molecule has 0 bridgehead atoms. The first-order valence-corrected chi connectivity index (χ1v) is 5.50. The molecule has 0 radical (unpaired) electrons. The van der Waals surface area contributed by atoms with Gasteiger partial charge in [-0.2, -0.15) is 0 Å². The Morgan fingerprint density at radius 1 is 1.12 bits per heavy atom. The fourth-order valence-electron chi connectivity index (χ4n) is 1.57. The molecule has 84 valence electrons. The third kappa shape index (κ3) is 2.22. The number of benzene rings is 1. The zero-order chi connectivity index (χ0) is 12.1. The van der Waals surface area contributed by atoms with Crippen molar-refractivity contribution in [2.24, 2.45) is 0 Å². The molecule has 0 aliphatic heterocycles. The van der Waals surface area contributed by atoms with Crippen LogP contribution in [0.2, 0.25) is 0 Å². The van der Waals surface area contributed by atoms with Gasteiger partial charge in [0.2, 0.25) is 0 Å². The van der Waals surface area contributed by atoms with Crippen LogP contribution >= 0.6 is 0 Å². The Morgan fingerprint density at radius 3 is 2.25 bits per heavy atom. The van der Waals surface area contributed by atoms with E-state index in [1.54, 1.807) is 0 Å². The van der Waals surface area contributed by atoms with Gasteiger partial charge in [-0.05, 0) is 30.2 Å². The summed E-state index contributed by atoms with van der Waals surface area (Å²) in [6, 6.07) is 4.06. The zero-order valence-electron chi connectivity index (χ0n) is 10.2. The van der Waals surface area contributed by atoms with Crippen molar-refractivity contribution < 1.29 is 0 Å². The molecule has 0 atom stereocenters. The molecule has 1 heterocycles. The number of nitrogens with one attached hydrogen (secondary N) is 1. The number of fused-ring (bicyclic) bond motifs is 1. The summed E-state index contributed by atoms with van der Waals surface area (Å²) in [5.74, 6) is 0.927. The molecule has 0 amide bonds. The van der Waals surface area contributed by atoms with Crippen LogP contribution in [0.25, 0.3) is 23.2 Å². The Morgan fingerprint density at radius 2 is 1.69 bits per heavy atom. The molecular formula is C14H18N2. The molecule has 2 heteroatoms. The molecule has 0 aliphatic carbocycles. The number of imidazole rings is 1. The Balaban J connectivity index is 0.000000606. The highest BCUT2D eigenvalue weighted by Gasteiger charge is 2.02. The summed E-state index contributed by atoms with van der Waals surface area (Å²) >= 11 is 0. The van der Waals surface area contributed by atoms with E-state index in [1.807, 2.05) is 45.1 Å². The lowest BCUT2D eigenvalue weighted by atomic mass is 10.1. The maximum atomic E-state index is 4.36. The first-order chi connectivity index (χ1) is 7.74. The third-order valence-corrected chi connectivity index (χ3v) is 2.24. The van der Waals surface area contributed by atoms with E-state index in [0.717, 1.165) is 28.0 Å². The molecule has 2 aromatic rings. The van der Waals surface area contributed by atoms with Crippen molar-refractivity contribution in [2.45, 2.75) is 20.8 Å². The van der Waals surface area contributed by atoms with E-state index in [1.165, 1.54) is 0 Å². The van der Waals surface area contributed by atoms with Crippen molar-refractivity contribution in [1.29, 1.82) is 0 Å². The Labute approximate surface area is 96.7 Å². The van der Waals surface area contributed by atoms with Gasteiger partial charge < -0.3 is 4.98 Å². The van der Waals surface area contributed by atoms with E-state index in [0.29, 0.717) is 0 Å². The second-order valence-electron chi connectivity index (χ2n) is 3.23. The van der Waals surface area contributed by atoms with Gasteiger partial charge in [0.1, 0.15) is 5.82 Å². The Bertz CT molecular complexity index is 462. The van der Waals surface area contributed by atoms with Crippen LogP contribution in [0.1, 0.15) is 30.8 Å². The first kappa shape index (κ1) is 12.2. The van der Waals surface area contributed by atoms with Crippen LogP contribution in [-0.4, -0.2) is 9.97 Å². The minimum absolute atomic E-state index is 0.927. The second-order valence-corrected chi connectivity index (χ2v) is 3.23. The van der Waals surface area contributed by atoms with Gasteiger partial charge in [0.25, 0.3) is 0 Å². The highest BCUT2D eigenvalue weighted by atomic mass is 14.9. The number of H-pyrrole nitrogens is 1. The minimum Gasteiger partial charge on any atom is -0.342 e. The maximum Gasteiger partial charge on any atom is 0.104 e. The predicted octanol–water partition coefficient (Wildman–Crippen LogP) is 4.18. The molecule has 2 rings (SSSR count). The van der Waals surface area contributed by atoms with Gasteiger partial charge in [-0.3, -0.25) is 0 Å². The van der Waals surface area contributed by atoms with Gasteiger partial charge in [0.05, 0.1) is 11.0 Å². The van der Waals surface area contributed by atoms with Gasteiger partial charge in [0.15, 0.2) is 0 Å². The van der Waals surface area contributed by atoms with Crippen LogP contribution in [0.15, 0.2) is 25.3 Å². The fourth-order valence-corrected chi connectivity index (χ4v) is 1.57. The lowest BCUT2D eigenvalue weighted by molar-refractivity contribution is 1.17. The SMILES string of the molecule is C=Cc1cc2nc(C)[nH]c2cc1C=C.CC. The summed E-state index contributed by atoms with van der Waals surface area (Å²) in [5.41, 5.74) is 4.17. The number of aromatic nitrogens is 2. The number of aryl methyl sites for hydroxylation is 1. The summed E-state index contributed by atoms with van der Waals surface area (Å²) in [5, 5.41) is 0. The standard InChI is InChI=1S/C12H12N2.C2H6/c1-4-9-6-11-12(7-10(9)5-2)14-8(3)13-11;1-2/h4-7H,1-2H2,3H3,(H,13,14);1-2H3. The minimum atomic E-state index is 0.927. The Hall–Kier alpha value is -1.83. The summed E-state index contributed by atoms with van der Waals surface area (Å²) in [7, 11) is 0. The number of hydrogen-bond donors (Lipinski definition) is 1. The molecular weight excluding hydrogens is 196 g/mol. The lowest BCUT2D eigenvalue weighted by Crippen LogP contribution is -1.80. The van der Waals surface area contributed by atoms with Crippen molar-refractivity contribution in [2.75, 3.05) is 0 Å². The van der Waals surface area contributed by atoms with E-state index in [-0.39, 0.29) is 0 Å². The highest BCUT2D eigenvalue weighted by molar-refractivity contribution is 5.83. The first-order valence-electron chi connectivity index (χ1n) is 5.50. The monoisotopic (exact) mass is 214 g/mol. The molecule has 1 aromatic heterocycles. The van der Waals surface area contributed by atoms with Crippen LogP contribution in [0, 0.1) is 6.92 Å². The van der Waals surface area contributed by atoms with Crippen molar-refractivity contribution in [3.8, 4) is 0 Å². The van der Waals surface area contributed by atoms with E-state index in [9.17, 15) is 0 Å². The summed E-state index contributed by atoms with van der Waals surface area (Å²) < 4.78 is 0. The maximum absolute atomic E-state index is 4.36. The molecule has 0 saturated carbocycles. The average Bonchev–Trinajstić information content (AvgIpc) is 2.68. The second kappa shape index (κ2) is 5.31. The van der Waals surface area contributed by atoms with E-state index in [2.05, 4.69) is 23.1 Å². The number of hydrogen-bond acceptors (Lipinski definition) is 1. The summed E-state index contributed by atoms with van der Waals surface area (Å²) in [6.45, 7) is 13.5. The van der Waals surface area contributed by atoms with Crippen molar-refractivity contribution in [3.05, 3.63) is 42.2 Å². The molecule has 16 heavy (non-hydrogen) atoms. The predicted molar refractivity (Wildman–Crippen MR) is 72.4 cm³/mol. The largest absolute Gasteiger partial charge is 0.342 e. The summed E-state index contributed by atoms with van der Waals surface area (Å²) in [6.07, 6.45) is 3.65. The Kier molecular flexibility index (Phi) is 4.06. The zero-order valence-corrected chi connectivity index (χ0v) is 10.2. The molecule has 0 aliphatic rings. The number of aromatic amines is 1. The van der Waals surface area contributed by atoms with E-state index >= 15 is 0 Å². The molecule has 0 unspecified atom stereocenters. The van der Waals surface area contributed by atoms with Crippen molar-refractivity contribution in [1.82, 2.24) is 9.97 Å². The van der Waals surface area contributed by atoms with Crippen LogP contribution < -0.4 is 0 Å². The van der Waals surface area contributed by atoms with Crippen LogP contribution in [-0.2, 0) is 0 Å². The van der Waals surface area contributed by atoms with Gasteiger partial charge in [-0.1, -0.05) is 39.2 Å². The van der Waals surface area contributed by atoms with Crippen LogP contribution in [0.4, 0.5) is 0 Å². The van der Waals surface area contributed by atoms with Crippen LogP contribution in [0.3, 0.4) is 0 Å². The third-order valence-electron chi connectivity index (χ3n) is 2.24. The molecule has 1 N–H and O–H groups in total. The topological polar surface area (TPSA) is 28.7 Å². The highest BCUT2D eigenvalue weighted by Crippen LogP contribution is 2.20. The molecule has 1 aromatic carbocycles. The summed E-state index contributed by atoms with van der Waals surface area (Å²) in [4.78, 5) is 7.55. The fraction of sp³-hybridized carbons (Fsp3) is 0.214. The van der Waals surface area contributed by atoms with Crippen molar-refractivity contribution >= 4 is 23.2 Å². The smallest absolute Gasteiger partial charge is 0.104 e. The molecule has 0 fully saturated rings.